The molecule has 0 unspecified atom stereocenters. The fourth-order valence-corrected chi connectivity index (χ4v) is 2.37. The van der Waals surface area contributed by atoms with Gasteiger partial charge in [-0.1, -0.05) is 15.9 Å². The molecule has 0 spiro atoms. The maximum atomic E-state index is 4.34. The van der Waals surface area contributed by atoms with E-state index in [1.165, 1.54) is 4.88 Å². The van der Waals surface area contributed by atoms with Gasteiger partial charge in [0.05, 0.1) is 0 Å². The first-order valence-corrected chi connectivity index (χ1v) is 6.01. The second kappa shape index (κ2) is 4.82. The fraction of sp³-hybridized carbons (Fsp3) is 0.625. The van der Waals surface area contributed by atoms with Gasteiger partial charge >= 0.3 is 0 Å². The van der Waals surface area contributed by atoms with Crippen LogP contribution in [-0.2, 0) is 5.33 Å². The van der Waals surface area contributed by atoms with Crippen molar-refractivity contribution in [2.45, 2.75) is 19.2 Å². The third-order valence-electron chi connectivity index (χ3n) is 1.71. The molecule has 68 valence electrons. The van der Waals surface area contributed by atoms with Crippen LogP contribution in [0, 0.1) is 0 Å². The number of aromatic nitrogens is 1. The van der Waals surface area contributed by atoms with Crippen LogP contribution in [0.1, 0.15) is 18.7 Å². The van der Waals surface area contributed by atoms with Crippen LogP contribution in [-0.4, -0.2) is 18.1 Å². The summed E-state index contributed by atoms with van der Waals surface area (Å²) in [5.41, 5.74) is 0. The molecule has 0 aliphatic carbocycles. The van der Waals surface area contributed by atoms with Gasteiger partial charge in [0.15, 0.2) is 5.13 Å². The average Bonchev–Trinajstić information content (AvgIpc) is 2.55. The summed E-state index contributed by atoms with van der Waals surface area (Å²) in [7, 11) is 0. The van der Waals surface area contributed by atoms with E-state index in [0.717, 1.165) is 23.6 Å². The summed E-state index contributed by atoms with van der Waals surface area (Å²) in [4.78, 5) is 7.89. The van der Waals surface area contributed by atoms with Gasteiger partial charge in [-0.15, -0.1) is 11.3 Å². The lowest BCUT2D eigenvalue weighted by Gasteiger charge is -2.16. The number of halogens is 1. The monoisotopic (exact) mass is 248 g/mol. The minimum Gasteiger partial charge on any atom is -0.349 e. The Bertz CT molecular complexity index is 233. The molecule has 0 fully saturated rings. The number of rotatable bonds is 4. The number of hydrogen-bond donors (Lipinski definition) is 0. The first-order valence-electron chi connectivity index (χ1n) is 4.07. The molecule has 12 heavy (non-hydrogen) atoms. The zero-order valence-electron chi connectivity index (χ0n) is 7.38. The van der Waals surface area contributed by atoms with Crippen molar-refractivity contribution in [3.63, 3.8) is 0 Å². The van der Waals surface area contributed by atoms with Gasteiger partial charge in [0.25, 0.3) is 0 Å². The van der Waals surface area contributed by atoms with Gasteiger partial charge in [0.2, 0.25) is 0 Å². The normalized spacial score (nSPS) is 10.2. The van der Waals surface area contributed by atoms with Gasteiger partial charge in [0.1, 0.15) is 0 Å². The molecule has 0 N–H and O–H groups in total. The molecule has 0 atom stereocenters. The van der Waals surface area contributed by atoms with E-state index in [1.807, 2.05) is 6.20 Å². The number of alkyl halides is 1. The largest absolute Gasteiger partial charge is 0.349 e. The van der Waals surface area contributed by atoms with Crippen molar-refractivity contribution in [3.8, 4) is 0 Å². The lowest BCUT2D eigenvalue weighted by Crippen LogP contribution is -2.21. The van der Waals surface area contributed by atoms with E-state index >= 15 is 0 Å². The summed E-state index contributed by atoms with van der Waals surface area (Å²) < 4.78 is 0. The predicted octanol–water partition coefficient (Wildman–Crippen LogP) is 2.88. The molecule has 4 heteroatoms. The smallest absolute Gasteiger partial charge is 0.185 e. The third kappa shape index (κ3) is 2.20. The van der Waals surface area contributed by atoms with Gasteiger partial charge in [-0.05, 0) is 13.8 Å². The average molecular weight is 249 g/mol. The fourth-order valence-electron chi connectivity index (χ4n) is 0.999. The van der Waals surface area contributed by atoms with Crippen LogP contribution in [0.2, 0.25) is 0 Å². The van der Waals surface area contributed by atoms with Crippen LogP contribution in [0.25, 0.3) is 0 Å². The maximum absolute atomic E-state index is 4.34. The zero-order chi connectivity index (χ0) is 8.97. The van der Waals surface area contributed by atoms with E-state index in [9.17, 15) is 0 Å². The molecule has 2 nitrogen and oxygen atoms in total. The van der Waals surface area contributed by atoms with Gasteiger partial charge < -0.3 is 4.90 Å². The Morgan fingerprint density at radius 1 is 1.50 bits per heavy atom. The third-order valence-corrected chi connectivity index (χ3v) is 3.74. The molecular formula is C8H13BrN2S. The van der Waals surface area contributed by atoms with Crippen molar-refractivity contribution in [1.29, 1.82) is 0 Å². The number of hydrogen-bond acceptors (Lipinski definition) is 3. The Hall–Kier alpha value is -0.0900. The lowest BCUT2D eigenvalue weighted by molar-refractivity contribution is 0.860. The quantitative estimate of drug-likeness (QED) is 0.763. The second-order valence-electron chi connectivity index (χ2n) is 2.42. The summed E-state index contributed by atoms with van der Waals surface area (Å²) in [5.74, 6) is 0. The first kappa shape index (κ1) is 9.99. The van der Waals surface area contributed by atoms with E-state index in [4.69, 9.17) is 0 Å². The molecule has 0 aliphatic rings. The molecule has 0 saturated heterocycles. The van der Waals surface area contributed by atoms with Crippen molar-refractivity contribution >= 4 is 32.4 Å². The highest BCUT2D eigenvalue weighted by Gasteiger charge is 2.05. The topological polar surface area (TPSA) is 16.1 Å². The Morgan fingerprint density at radius 3 is 2.58 bits per heavy atom. The standard InChI is InChI=1S/C8H13BrN2S/c1-3-11(4-2)8-10-6-7(5-9)12-8/h6H,3-5H2,1-2H3. The van der Waals surface area contributed by atoms with Crippen LogP contribution in [0.15, 0.2) is 6.20 Å². The van der Waals surface area contributed by atoms with E-state index < -0.39 is 0 Å². The summed E-state index contributed by atoms with van der Waals surface area (Å²) >= 11 is 5.17. The summed E-state index contributed by atoms with van der Waals surface area (Å²) in [6, 6.07) is 0. The van der Waals surface area contributed by atoms with Gasteiger partial charge in [-0.3, -0.25) is 0 Å². The van der Waals surface area contributed by atoms with E-state index in [2.05, 4.69) is 39.7 Å². The molecule has 1 aromatic rings. The van der Waals surface area contributed by atoms with Crippen molar-refractivity contribution in [2.75, 3.05) is 18.0 Å². The minimum atomic E-state index is 0.909. The molecule has 0 aliphatic heterocycles. The van der Waals surface area contributed by atoms with Crippen molar-refractivity contribution in [3.05, 3.63) is 11.1 Å². The maximum Gasteiger partial charge on any atom is 0.185 e. The molecule has 0 radical (unpaired) electrons. The Morgan fingerprint density at radius 2 is 2.17 bits per heavy atom. The van der Waals surface area contributed by atoms with E-state index in [-0.39, 0.29) is 0 Å². The van der Waals surface area contributed by atoms with Crippen LogP contribution in [0.4, 0.5) is 5.13 Å². The molecule has 1 heterocycles. The molecule has 0 aromatic carbocycles. The van der Waals surface area contributed by atoms with Crippen LogP contribution in [0.3, 0.4) is 0 Å². The number of thiazole rings is 1. The number of anilines is 1. The molecular weight excluding hydrogens is 236 g/mol. The van der Waals surface area contributed by atoms with Crippen LogP contribution in [0.5, 0.6) is 0 Å². The highest BCUT2D eigenvalue weighted by molar-refractivity contribution is 9.08. The van der Waals surface area contributed by atoms with Crippen molar-refractivity contribution in [1.82, 2.24) is 4.98 Å². The molecule has 1 rings (SSSR count). The highest BCUT2D eigenvalue weighted by atomic mass is 79.9. The van der Waals surface area contributed by atoms with Crippen LogP contribution < -0.4 is 4.90 Å². The van der Waals surface area contributed by atoms with E-state index in [1.54, 1.807) is 11.3 Å². The van der Waals surface area contributed by atoms with E-state index in [0.29, 0.717) is 0 Å². The lowest BCUT2D eigenvalue weighted by atomic mass is 10.6. The molecule has 0 saturated carbocycles. The number of nitrogens with zero attached hydrogens (tertiary/aromatic N) is 2. The van der Waals surface area contributed by atoms with Crippen molar-refractivity contribution in [2.24, 2.45) is 0 Å². The van der Waals surface area contributed by atoms with Crippen molar-refractivity contribution < 1.29 is 0 Å². The van der Waals surface area contributed by atoms with Gasteiger partial charge in [0, 0.05) is 29.5 Å². The zero-order valence-corrected chi connectivity index (χ0v) is 9.78. The Kier molecular flexibility index (Phi) is 4.01. The van der Waals surface area contributed by atoms with Crippen LogP contribution >= 0.6 is 27.3 Å². The highest BCUT2D eigenvalue weighted by Crippen LogP contribution is 2.23. The second-order valence-corrected chi connectivity index (χ2v) is 4.07. The van der Waals surface area contributed by atoms with Gasteiger partial charge in [-0.2, -0.15) is 0 Å². The predicted molar refractivity (Wildman–Crippen MR) is 58.3 cm³/mol. The Balaban J connectivity index is 2.72. The SMILES string of the molecule is CCN(CC)c1ncc(CBr)s1. The summed E-state index contributed by atoms with van der Waals surface area (Å²) in [6.07, 6.45) is 1.94. The Labute approximate surface area is 85.7 Å². The minimum absolute atomic E-state index is 0.909. The molecule has 0 amide bonds. The molecule has 1 aromatic heterocycles. The summed E-state index contributed by atoms with van der Waals surface area (Å²) in [5, 5.41) is 2.04. The van der Waals surface area contributed by atoms with Gasteiger partial charge in [-0.25, -0.2) is 4.98 Å². The first-order chi connectivity index (χ1) is 5.81. The summed E-state index contributed by atoms with van der Waals surface area (Å²) in [6.45, 7) is 6.37. The molecule has 0 bridgehead atoms.